The lowest BCUT2D eigenvalue weighted by atomic mass is 9.67. The number of nitrogens with two attached hydrogens (primary N) is 1. The van der Waals surface area contributed by atoms with Gasteiger partial charge in [0.05, 0.1) is 11.6 Å². The Morgan fingerprint density at radius 1 is 1.24 bits per heavy atom. The van der Waals surface area contributed by atoms with Crippen LogP contribution in [0.4, 0.5) is 0 Å². The fraction of sp³-hybridized carbons (Fsp3) is 0.778. The van der Waals surface area contributed by atoms with E-state index in [1.807, 2.05) is 32.5 Å². The summed E-state index contributed by atoms with van der Waals surface area (Å²) in [6.45, 7) is 6.02. The van der Waals surface area contributed by atoms with Crippen molar-refractivity contribution in [2.24, 2.45) is 24.6 Å². The Hall–Kier alpha value is -0.780. The molecule has 2 fully saturated rings. The number of nitrogens with zero attached hydrogens (tertiary/aromatic N) is 2. The molecule has 1 aromatic rings. The summed E-state index contributed by atoms with van der Waals surface area (Å²) in [5.41, 5.74) is 9.30. The molecule has 0 spiro atoms. The van der Waals surface area contributed by atoms with Gasteiger partial charge in [0.25, 0.3) is 0 Å². The topological polar surface area (TPSA) is 72.9 Å². The summed E-state index contributed by atoms with van der Waals surface area (Å²) < 4.78 is 1.86. The number of aryl methyl sites for hydroxylation is 2. The highest BCUT2D eigenvalue weighted by Crippen LogP contribution is 2.40. The number of rotatable bonds is 3. The molecule has 7 heteroatoms. The summed E-state index contributed by atoms with van der Waals surface area (Å²) in [5, 5.41) is 7.82. The Morgan fingerprint density at radius 2 is 1.80 bits per heavy atom. The van der Waals surface area contributed by atoms with Gasteiger partial charge in [0.1, 0.15) is 0 Å². The molecule has 2 aliphatic carbocycles. The molecule has 1 amide bonds. The molecule has 3 N–H and O–H groups in total. The molecule has 3 unspecified atom stereocenters. The van der Waals surface area contributed by atoms with Crippen molar-refractivity contribution in [3.05, 3.63) is 17.0 Å². The maximum atomic E-state index is 12.9. The lowest BCUT2D eigenvalue weighted by Gasteiger charge is -2.45. The third-order valence-corrected chi connectivity index (χ3v) is 6.08. The molecule has 3 atom stereocenters. The number of carbonyl (C=O) groups excluding carboxylic acids is 1. The van der Waals surface area contributed by atoms with Crippen LogP contribution in [0.1, 0.15) is 61.9 Å². The second kappa shape index (κ2) is 8.74. The second-order valence-electron chi connectivity index (χ2n) is 7.65. The van der Waals surface area contributed by atoms with E-state index in [-0.39, 0.29) is 36.6 Å². The molecule has 0 aromatic carbocycles. The Labute approximate surface area is 163 Å². The van der Waals surface area contributed by atoms with Crippen molar-refractivity contribution in [3.8, 4) is 0 Å². The Bertz CT molecular complexity index is 590. The summed E-state index contributed by atoms with van der Waals surface area (Å²) in [5.74, 6) is 1.11. The fourth-order valence-corrected chi connectivity index (χ4v) is 4.86. The van der Waals surface area contributed by atoms with Crippen LogP contribution in [0.25, 0.3) is 0 Å². The number of nitrogens with one attached hydrogen (secondary N) is 1. The molecule has 0 aliphatic heterocycles. The van der Waals surface area contributed by atoms with Crippen LogP contribution in [-0.4, -0.2) is 27.8 Å². The first-order valence-corrected chi connectivity index (χ1v) is 8.94. The molecule has 0 radical (unpaired) electrons. The average molecular weight is 391 g/mol. The monoisotopic (exact) mass is 390 g/mol. The van der Waals surface area contributed by atoms with Crippen molar-refractivity contribution < 1.29 is 4.79 Å². The number of aromatic nitrogens is 2. The zero-order valence-corrected chi connectivity index (χ0v) is 17.3. The maximum Gasteiger partial charge on any atom is 0.227 e. The summed E-state index contributed by atoms with van der Waals surface area (Å²) >= 11 is 0. The normalized spacial score (nSPS) is 29.2. The quantitative estimate of drug-likeness (QED) is 0.832. The number of carbonyl (C=O) groups is 1. The number of amides is 1. The first-order valence-electron chi connectivity index (χ1n) is 8.94. The van der Waals surface area contributed by atoms with E-state index < -0.39 is 0 Å². The Morgan fingerprint density at radius 3 is 2.28 bits per heavy atom. The molecule has 3 rings (SSSR count). The van der Waals surface area contributed by atoms with Gasteiger partial charge in [0.15, 0.2) is 0 Å². The highest BCUT2D eigenvalue weighted by atomic mass is 35.5. The average Bonchev–Trinajstić information content (AvgIpc) is 2.72. The summed E-state index contributed by atoms with van der Waals surface area (Å²) in [6, 6.07) is 0.634. The second-order valence-corrected chi connectivity index (χ2v) is 7.65. The van der Waals surface area contributed by atoms with Gasteiger partial charge in [-0.05, 0) is 58.3 Å². The van der Waals surface area contributed by atoms with Crippen molar-refractivity contribution in [1.82, 2.24) is 15.1 Å². The third-order valence-electron chi connectivity index (χ3n) is 6.08. The maximum absolute atomic E-state index is 12.9. The molecular weight excluding hydrogens is 359 g/mol. The first kappa shape index (κ1) is 22.3. The number of fused-ring (bicyclic) bond motifs is 2. The Kier molecular flexibility index (Phi) is 7.78. The molecule has 0 saturated heterocycles. The van der Waals surface area contributed by atoms with E-state index in [9.17, 15) is 4.79 Å². The van der Waals surface area contributed by atoms with Crippen LogP contribution in [0.3, 0.4) is 0 Å². The van der Waals surface area contributed by atoms with Crippen LogP contribution >= 0.6 is 24.8 Å². The molecule has 1 aromatic heterocycles. The lowest BCUT2D eigenvalue weighted by Crippen LogP contribution is -2.54. The van der Waals surface area contributed by atoms with Crippen molar-refractivity contribution in [2.75, 3.05) is 0 Å². The first-order chi connectivity index (χ1) is 10.9. The zero-order chi connectivity index (χ0) is 16.7. The largest absolute Gasteiger partial charge is 0.352 e. The van der Waals surface area contributed by atoms with Gasteiger partial charge in [0, 0.05) is 30.4 Å². The van der Waals surface area contributed by atoms with Crippen LogP contribution in [0.15, 0.2) is 0 Å². The number of hydrogen-bond acceptors (Lipinski definition) is 3. The van der Waals surface area contributed by atoms with Gasteiger partial charge in [-0.1, -0.05) is 6.42 Å². The molecule has 2 saturated carbocycles. The fourth-order valence-electron chi connectivity index (χ4n) is 4.86. The lowest BCUT2D eigenvalue weighted by molar-refractivity contribution is -0.124. The van der Waals surface area contributed by atoms with Gasteiger partial charge in [-0.15, -0.1) is 24.8 Å². The van der Waals surface area contributed by atoms with Gasteiger partial charge >= 0.3 is 0 Å². The van der Waals surface area contributed by atoms with Crippen LogP contribution in [0, 0.1) is 25.7 Å². The van der Waals surface area contributed by atoms with E-state index >= 15 is 0 Å². The zero-order valence-electron chi connectivity index (χ0n) is 15.6. The summed E-state index contributed by atoms with van der Waals surface area (Å²) in [7, 11) is 1.93. The van der Waals surface area contributed by atoms with Crippen LogP contribution in [-0.2, 0) is 11.8 Å². The molecule has 2 bridgehead atoms. The van der Waals surface area contributed by atoms with Crippen molar-refractivity contribution in [1.29, 1.82) is 0 Å². The standard InChI is InChI=1S/C18H30N4O.2ClH/c1-10(16-11(2)21-22(4)12(16)3)18(23)20-17-13-6-5-7-14(17)9-15(19)8-13;;/h10,13-15,17H,5-9,19H2,1-4H3,(H,20,23);2*1H. The van der Waals surface area contributed by atoms with Crippen molar-refractivity contribution >= 4 is 30.7 Å². The van der Waals surface area contributed by atoms with E-state index in [0.717, 1.165) is 29.8 Å². The van der Waals surface area contributed by atoms with E-state index in [2.05, 4.69) is 10.4 Å². The highest BCUT2D eigenvalue weighted by Gasteiger charge is 2.40. The SMILES string of the molecule is Cc1nn(C)c(C)c1C(C)C(=O)NC1C2CCCC1CC(N)C2.Cl.Cl. The third kappa shape index (κ3) is 4.32. The number of halogens is 2. The summed E-state index contributed by atoms with van der Waals surface area (Å²) in [4.78, 5) is 12.9. The molecule has 1 heterocycles. The Balaban J connectivity index is 0.00000156. The molecular formula is C18H32Cl2N4O. The van der Waals surface area contributed by atoms with Gasteiger partial charge < -0.3 is 11.1 Å². The molecule has 144 valence electrons. The van der Waals surface area contributed by atoms with E-state index in [4.69, 9.17) is 5.73 Å². The van der Waals surface area contributed by atoms with E-state index in [1.165, 1.54) is 19.3 Å². The highest BCUT2D eigenvalue weighted by molar-refractivity contribution is 5.85. The molecule has 25 heavy (non-hydrogen) atoms. The van der Waals surface area contributed by atoms with Crippen LogP contribution in [0.5, 0.6) is 0 Å². The smallest absolute Gasteiger partial charge is 0.227 e. The minimum atomic E-state index is -0.153. The van der Waals surface area contributed by atoms with Crippen LogP contribution < -0.4 is 11.1 Å². The predicted molar refractivity (Wildman–Crippen MR) is 106 cm³/mol. The predicted octanol–water partition coefficient (Wildman–Crippen LogP) is 3.01. The van der Waals surface area contributed by atoms with Crippen molar-refractivity contribution in [2.45, 2.75) is 70.9 Å². The summed E-state index contributed by atoms with van der Waals surface area (Å²) in [6.07, 6.45) is 5.80. The van der Waals surface area contributed by atoms with Crippen molar-refractivity contribution in [3.63, 3.8) is 0 Å². The number of hydrogen-bond donors (Lipinski definition) is 2. The van der Waals surface area contributed by atoms with Gasteiger partial charge in [-0.2, -0.15) is 5.10 Å². The minimum absolute atomic E-state index is 0. The van der Waals surface area contributed by atoms with E-state index in [1.54, 1.807) is 0 Å². The van der Waals surface area contributed by atoms with Crippen LogP contribution in [0.2, 0.25) is 0 Å². The van der Waals surface area contributed by atoms with Gasteiger partial charge in [0.2, 0.25) is 5.91 Å². The van der Waals surface area contributed by atoms with Gasteiger partial charge in [-0.3, -0.25) is 9.48 Å². The van der Waals surface area contributed by atoms with Gasteiger partial charge in [-0.25, -0.2) is 0 Å². The molecule has 5 nitrogen and oxygen atoms in total. The van der Waals surface area contributed by atoms with E-state index in [0.29, 0.717) is 23.9 Å². The minimum Gasteiger partial charge on any atom is -0.352 e. The molecule has 2 aliphatic rings.